The molecule has 110 valence electrons. The van der Waals surface area contributed by atoms with Crippen molar-refractivity contribution < 1.29 is 9.72 Å². The number of benzene rings is 2. The SMILES string of the molecule is Cn1cc([N+](=O)[O-])c(C(=O)Nc2ccc3ccccc3c2)n1. The Morgan fingerprint density at radius 2 is 1.95 bits per heavy atom. The molecule has 1 N–H and O–H groups in total. The van der Waals surface area contributed by atoms with E-state index in [2.05, 4.69) is 10.4 Å². The second-order valence-electron chi connectivity index (χ2n) is 4.81. The smallest absolute Gasteiger partial charge is 0.320 e. The molecule has 0 atom stereocenters. The molecule has 0 saturated carbocycles. The van der Waals surface area contributed by atoms with Gasteiger partial charge >= 0.3 is 5.69 Å². The van der Waals surface area contributed by atoms with Crippen molar-refractivity contribution in [3.63, 3.8) is 0 Å². The highest BCUT2D eigenvalue weighted by molar-refractivity contribution is 6.06. The van der Waals surface area contributed by atoms with E-state index in [4.69, 9.17) is 0 Å². The Balaban J connectivity index is 1.91. The summed E-state index contributed by atoms with van der Waals surface area (Å²) in [5.74, 6) is -0.609. The lowest BCUT2D eigenvalue weighted by Gasteiger charge is -2.05. The Bertz CT molecular complexity index is 885. The molecule has 1 heterocycles. The zero-order valence-corrected chi connectivity index (χ0v) is 11.7. The number of anilines is 1. The van der Waals surface area contributed by atoms with Crippen LogP contribution in [-0.2, 0) is 7.05 Å². The molecule has 7 heteroatoms. The van der Waals surface area contributed by atoms with Gasteiger partial charge in [-0.3, -0.25) is 19.6 Å². The Labute approximate surface area is 125 Å². The largest absolute Gasteiger partial charge is 0.320 e. The third kappa shape index (κ3) is 2.51. The van der Waals surface area contributed by atoms with Crippen LogP contribution in [0.1, 0.15) is 10.5 Å². The lowest BCUT2D eigenvalue weighted by molar-refractivity contribution is -0.385. The Hall–Kier alpha value is -3.22. The van der Waals surface area contributed by atoms with Gasteiger partial charge in [0, 0.05) is 12.7 Å². The maximum Gasteiger partial charge on any atom is 0.320 e. The maximum atomic E-state index is 12.2. The molecule has 0 bridgehead atoms. The van der Waals surface area contributed by atoms with Gasteiger partial charge in [0.05, 0.1) is 4.92 Å². The molecular weight excluding hydrogens is 284 g/mol. The molecule has 0 aliphatic rings. The zero-order valence-electron chi connectivity index (χ0n) is 11.7. The number of aryl methyl sites for hydroxylation is 1. The van der Waals surface area contributed by atoms with Gasteiger partial charge in [0.2, 0.25) is 5.69 Å². The highest BCUT2D eigenvalue weighted by Gasteiger charge is 2.24. The number of hydrogen-bond acceptors (Lipinski definition) is 4. The fourth-order valence-electron chi connectivity index (χ4n) is 2.23. The summed E-state index contributed by atoms with van der Waals surface area (Å²) in [4.78, 5) is 22.5. The third-order valence-electron chi connectivity index (χ3n) is 3.23. The third-order valence-corrected chi connectivity index (χ3v) is 3.23. The number of rotatable bonds is 3. The maximum absolute atomic E-state index is 12.2. The summed E-state index contributed by atoms with van der Waals surface area (Å²) in [6.45, 7) is 0. The lowest BCUT2D eigenvalue weighted by Crippen LogP contribution is -2.14. The summed E-state index contributed by atoms with van der Waals surface area (Å²) in [7, 11) is 1.53. The molecule has 0 unspecified atom stereocenters. The molecule has 7 nitrogen and oxygen atoms in total. The van der Waals surface area contributed by atoms with Crippen molar-refractivity contribution in [1.82, 2.24) is 9.78 Å². The topological polar surface area (TPSA) is 90.1 Å². The van der Waals surface area contributed by atoms with E-state index in [0.29, 0.717) is 5.69 Å². The van der Waals surface area contributed by atoms with Gasteiger partial charge < -0.3 is 5.32 Å². The van der Waals surface area contributed by atoms with E-state index in [1.165, 1.54) is 17.9 Å². The molecule has 0 aliphatic heterocycles. The fraction of sp³-hybridized carbons (Fsp3) is 0.0667. The lowest BCUT2D eigenvalue weighted by atomic mass is 10.1. The molecule has 0 fully saturated rings. The van der Waals surface area contributed by atoms with E-state index in [9.17, 15) is 14.9 Å². The fourth-order valence-corrected chi connectivity index (χ4v) is 2.23. The van der Waals surface area contributed by atoms with Crippen LogP contribution < -0.4 is 5.32 Å². The number of amides is 1. The number of nitrogens with zero attached hydrogens (tertiary/aromatic N) is 3. The van der Waals surface area contributed by atoms with Crippen LogP contribution in [-0.4, -0.2) is 20.6 Å². The molecule has 2 aromatic carbocycles. The first-order valence-electron chi connectivity index (χ1n) is 6.53. The summed E-state index contributed by atoms with van der Waals surface area (Å²) in [6, 6.07) is 13.1. The molecule has 0 spiro atoms. The van der Waals surface area contributed by atoms with Crippen molar-refractivity contribution in [1.29, 1.82) is 0 Å². The Morgan fingerprint density at radius 1 is 1.23 bits per heavy atom. The average Bonchev–Trinajstić information content (AvgIpc) is 2.89. The number of aromatic nitrogens is 2. The predicted molar refractivity (Wildman–Crippen MR) is 81.8 cm³/mol. The van der Waals surface area contributed by atoms with Gasteiger partial charge in [0.25, 0.3) is 5.91 Å². The molecule has 3 aromatic rings. The summed E-state index contributed by atoms with van der Waals surface area (Å²) in [5, 5.41) is 19.4. The second kappa shape index (κ2) is 5.28. The first kappa shape index (κ1) is 13.7. The minimum atomic E-state index is -0.623. The van der Waals surface area contributed by atoms with Gasteiger partial charge in [-0.05, 0) is 22.9 Å². The first-order chi connectivity index (χ1) is 10.5. The van der Waals surface area contributed by atoms with Gasteiger partial charge in [0.15, 0.2) is 0 Å². The minimum Gasteiger partial charge on any atom is -0.320 e. The molecule has 3 rings (SSSR count). The molecule has 0 radical (unpaired) electrons. The number of hydrogen-bond donors (Lipinski definition) is 1. The van der Waals surface area contributed by atoms with Gasteiger partial charge in [-0.2, -0.15) is 5.10 Å². The number of carbonyl (C=O) groups is 1. The monoisotopic (exact) mass is 296 g/mol. The van der Waals surface area contributed by atoms with Crippen LogP contribution in [0.25, 0.3) is 10.8 Å². The molecule has 1 aromatic heterocycles. The van der Waals surface area contributed by atoms with Crippen molar-refractivity contribution in [3.8, 4) is 0 Å². The normalized spacial score (nSPS) is 10.6. The van der Waals surface area contributed by atoms with E-state index in [1.54, 1.807) is 6.07 Å². The molecule has 22 heavy (non-hydrogen) atoms. The van der Waals surface area contributed by atoms with Crippen LogP contribution in [0.5, 0.6) is 0 Å². The van der Waals surface area contributed by atoms with Crippen molar-refractivity contribution in [2.24, 2.45) is 7.05 Å². The van der Waals surface area contributed by atoms with Crippen LogP contribution >= 0.6 is 0 Å². The Morgan fingerprint density at radius 3 is 2.68 bits per heavy atom. The number of fused-ring (bicyclic) bond motifs is 1. The quantitative estimate of drug-likeness (QED) is 0.594. The van der Waals surface area contributed by atoms with E-state index in [1.807, 2.05) is 36.4 Å². The first-order valence-corrected chi connectivity index (χ1v) is 6.53. The highest BCUT2D eigenvalue weighted by Crippen LogP contribution is 2.21. The van der Waals surface area contributed by atoms with Crippen LogP contribution in [0, 0.1) is 10.1 Å². The van der Waals surface area contributed by atoms with Crippen molar-refractivity contribution in [3.05, 3.63) is 64.5 Å². The summed E-state index contributed by atoms with van der Waals surface area (Å²) < 4.78 is 1.24. The van der Waals surface area contributed by atoms with Crippen LogP contribution in [0.15, 0.2) is 48.7 Å². The number of carbonyl (C=O) groups excluding carboxylic acids is 1. The summed E-state index contributed by atoms with van der Waals surface area (Å²) >= 11 is 0. The Kier molecular flexibility index (Phi) is 3.30. The van der Waals surface area contributed by atoms with E-state index in [0.717, 1.165) is 10.8 Å². The van der Waals surface area contributed by atoms with E-state index >= 15 is 0 Å². The standard InChI is InChI=1S/C15H12N4O3/c1-18-9-13(19(21)22)14(17-18)15(20)16-12-7-6-10-4-2-3-5-11(10)8-12/h2-9H,1H3,(H,16,20). The predicted octanol–water partition coefficient (Wildman–Crippen LogP) is 2.73. The van der Waals surface area contributed by atoms with Crippen LogP contribution in [0.4, 0.5) is 11.4 Å². The minimum absolute atomic E-state index is 0.208. The van der Waals surface area contributed by atoms with E-state index in [-0.39, 0.29) is 11.4 Å². The van der Waals surface area contributed by atoms with Crippen molar-refractivity contribution >= 4 is 28.1 Å². The van der Waals surface area contributed by atoms with Crippen LogP contribution in [0.2, 0.25) is 0 Å². The van der Waals surface area contributed by atoms with Gasteiger partial charge in [0.1, 0.15) is 6.20 Å². The van der Waals surface area contributed by atoms with Crippen LogP contribution in [0.3, 0.4) is 0 Å². The van der Waals surface area contributed by atoms with E-state index < -0.39 is 10.8 Å². The second-order valence-corrected chi connectivity index (χ2v) is 4.81. The zero-order chi connectivity index (χ0) is 15.7. The van der Waals surface area contributed by atoms with Crippen molar-refractivity contribution in [2.75, 3.05) is 5.32 Å². The van der Waals surface area contributed by atoms with Gasteiger partial charge in [-0.15, -0.1) is 0 Å². The molecule has 0 saturated heterocycles. The van der Waals surface area contributed by atoms with Gasteiger partial charge in [-0.25, -0.2) is 0 Å². The summed E-state index contributed by atoms with van der Waals surface area (Å²) in [5.41, 5.74) is 0.0325. The number of nitro groups is 1. The average molecular weight is 296 g/mol. The highest BCUT2D eigenvalue weighted by atomic mass is 16.6. The van der Waals surface area contributed by atoms with Gasteiger partial charge in [-0.1, -0.05) is 30.3 Å². The number of nitrogens with one attached hydrogen (secondary N) is 1. The van der Waals surface area contributed by atoms with Crippen molar-refractivity contribution in [2.45, 2.75) is 0 Å². The molecule has 0 aliphatic carbocycles. The summed E-state index contributed by atoms with van der Waals surface area (Å²) in [6.07, 6.45) is 1.20. The molecular formula is C15H12N4O3. The molecule has 1 amide bonds.